The van der Waals surface area contributed by atoms with Crippen LogP contribution in [0.2, 0.25) is 0 Å². The van der Waals surface area contributed by atoms with E-state index in [4.69, 9.17) is 4.74 Å². The first-order valence-corrected chi connectivity index (χ1v) is 10.1. The second-order valence-electron chi connectivity index (χ2n) is 7.84. The number of nitrogens with one attached hydrogen (secondary N) is 2. The van der Waals surface area contributed by atoms with Gasteiger partial charge < -0.3 is 25.4 Å². The SMILES string of the molecule is Cc1cc(C2NC(C(=O)Nc3cc4cn(C)nc4nc3N3CCC(O)C3)=CO2)ccn1. The molecule has 0 radical (unpaired) electrons. The Labute approximate surface area is 178 Å². The standard InChI is InChI=1S/C21H23N7O3/c1-12-7-13(3-5-22-12)21-24-17(11-31-21)20(30)23-16-8-14-9-27(2)26-18(14)25-19(16)28-6-4-15(29)10-28/h3,5,7-9,11,15,21,24,29H,4,6,10H2,1-2H3,(H,23,30). The van der Waals surface area contributed by atoms with Crippen molar-refractivity contribution in [2.75, 3.05) is 23.3 Å². The lowest BCUT2D eigenvalue weighted by Gasteiger charge is -2.20. The highest BCUT2D eigenvalue weighted by Crippen LogP contribution is 2.31. The zero-order valence-corrected chi connectivity index (χ0v) is 17.2. The molecule has 1 amide bonds. The molecule has 3 aromatic rings. The first kappa shape index (κ1) is 19.3. The van der Waals surface area contributed by atoms with Crippen LogP contribution in [0.15, 0.2) is 42.6 Å². The van der Waals surface area contributed by atoms with Crippen LogP contribution in [-0.4, -0.2) is 50.0 Å². The summed E-state index contributed by atoms with van der Waals surface area (Å²) in [5, 5.41) is 21.2. The molecule has 5 heterocycles. The topological polar surface area (TPSA) is 117 Å². The fourth-order valence-corrected chi connectivity index (χ4v) is 3.88. The Kier molecular flexibility index (Phi) is 4.70. The van der Waals surface area contributed by atoms with Crippen molar-refractivity contribution < 1.29 is 14.6 Å². The number of nitrogens with zero attached hydrogens (tertiary/aromatic N) is 5. The number of fused-ring (bicyclic) bond motifs is 1. The maximum absolute atomic E-state index is 13.0. The van der Waals surface area contributed by atoms with Crippen molar-refractivity contribution in [1.82, 2.24) is 25.1 Å². The number of carbonyl (C=O) groups excluding carboxylic acids is 1. The third kappa shape index (κ3) is 3.77. The zero-order valence-electron chi connectivity index (χ0n) is 17.2. The third-order valence-corrected chi connectivity index (χ3v) is 5.38. The monoisotopic (exact) mass is 421 g/mol. The summed E-state index contributed by atoms with van der Waals surface area (Å²) in [6, 6.07) is 5.60. The molecule has 3 N–H and O–H groups in total. The lowest BCUT2D eigenvalue weighted by atomic mass is 10.2. The number of aliphatic hydroxyl groups is 1. The number of amides is 1. The second-order valence-corrected chi connectivity index (χ2v) is 7.84. The van der Waals surface area contributed by atoms with Crippen LogP contribution in [0.5, 0.6) is 0 Å². The van der Waals surface area contributed by atoms with Crippen LogP contribution in [0.1, 0.15) is 23.9 Å². The maximum Gasteiger partial charge on any atom is 0.275 e. The number of aliphatic hydroxyl groups excluding tert-OH is 1. The minimum atomic E-state index is -0.449. The number of pyridine rings is 2. The van der Waals surface area contributed by atoms with E-state index in [1.165, 1.54) is 6.26 Å². The average Bonchev–Trinajstić information content (AvgIpc) is 3.46. The van der Waals surface area contributed by atoms with Gasteiger partial charge in [-0.15, -0.1) is 0 Å². The predicted octanol–water partition coefficient (Wildman–Crippen LogP) is 1.34. The van der Waals surface area contributed by atoms with Crippen molar-refractivity contribution in [3.63, 3.8) is 0 Å². The van der Waals surface area contributed by atoms with Crippen LogP contribution >= 0.6 is 0 Å². The molecule has 2 atom stereocenters. The normalized spacial score (nSPS) is 20.5. The highest BCUT2D eigenvalue weighted by Gasteiger charge is 2.28. The van der Waals surface area contributed by atoms with E-state index in [9.17, 15) is 9.90 Å². The van der Waals surface area contributed by atoms with Crippen LogP contribution in [-0.2, 0) is 16.6 Å². The Bertz CT molecular complexity index is 1190. The molecular weight excluding hydrogens is 398 g/mol. The molecule has 31 heavy (non-hydrogen) atoms. The van der Waals surface area contributed by atoms with Gasteiger partial charge >= 0.3 is 0 Å². The predicted molar refractivity (Wildman–Crippen MR) is 114 cm³/mol. The van der Waals surface area contributed by atoms with E-state index in [1.807, 2.05) is 43.3 Å². The van der Waals surface area contributed by atoms with Gasteiger partial charge in [0.15, 0.2) is 17.7 Å². The van der Waals surface area contributed by atoms with E-state index in [1.54, 1.807) is 10.9 Å². The van der Waals surface area contributed by atoms with Gasteiger partial charge in [0.05, 0.1) is 11.8 Å². The van der Waals surface area contributed by atoms with Gasteiger partial charge in [-0.05, 0) is 31.5 Å². The smallest absolute Gasteiger partial charge is 0.275 e. The summed E-state index contributed by atoms with van der Waals surface area (Å²) < 4.78 is 7.33. The fraction of sp³-hybridized carbons (Fsp3) is 0.333. The first-order valence-electron chi connectivity index (χ1n) is 10.1. The molecule has 1 fully saturated rings. The van der Waals surface area contributed by atoms with Gasteiger partial charge in [0.25, 0.3) is 5.91 Å². The second kappa shape index (κ2) is 7.55. The van der Waals surface area contributed by atoms with Gasteiger partial charge in [-0.25, -0.2) is 4.98 Å². The number of ether oxygens (including phenoxy) is 1. The van der Waals surface area contributed by atoms with Crippen molar-refractivity contribution in [2.45, 2.75) is 25.7 Å². The van der Waals surface area contributed by atoms with Crippen molar-refractivity contribution >= 4 is 28.4 Å². The Morgan fingerprint density at radius 1 is 1.39 bits per heavy atom. The number of β-amino-alcohol motifs (C(OH)–C–C–N with tert-alkyl or cyclic N) is 1. The highest BCUT2D eigenvalue weighted by molar-refractivity contribution is 6.06. The largest absolute Gasteiger partial charge is 0.472 e. The van der Waals surface area contributed by atoms with Gasteiger partial charge in [-0.1, -0.05) is 0 Å². The molecule has 0 saturated carbocycles. The molecular formula is C21H23N7O3. The van der Waals surface area contributed by atoms with E-state index in [-0.39, 0.29) is 5.91 Å². The maximum atomic E-state index is 13.0. The fourth-order valence-electron chi connectivity index (χ4n) is 3.88. The summed E-state index contributed by atoms with van der Waals surface area (Å²) in [5.74, 6) is 0.260. The summed E-state index contributed by atoms with van der Waals surface area (Å²) in [4.78, 5) is 23.8. The van der Waals surface area contributed by atoms with E-state index in [0.717, 1.165) is 16.6 Å². The number of hydrogen-bond donors (Lipinski definition) is 3. The van der Waals surface area contributed by atoms with Crippen molar-refractivity contribution in [3.8, 4) is 0 Å². The van der Waals surface area contributed by atoms with Gasteiger partial charge in [0.1, 0.15) is 12.0 Å². The van der Waals surface area contributed by atoms with Crippen LogP contribution in [0.3, 0.4) is 0 Å². The Balaban J connectivity index is 1.38. The van der Waals surface area contributed by atoms with E-state index in [0.29, 0.717) is 42.4 Å². The minimum absolute atomic E-state index is 0.318. The molecule has 2 aliphatic rings. The van der Waals surface area contributed by atoms with Crippen molar-refractivity contribution in [1.29, 1.82) is 0 Å². The van der Waals surface area contributed by atoms with Gasteiger partial charge in [0.2, 0.25) is 0 Å². The third-order valence-electron chi connectivity index (χ3n) is 5.38. The number of rotatable bonds is 4. The number of aromatic nitrogens is 4. The van der Waals surface area contributed by atoms with Crippen LogP contribution in [0.25, 0.3) is 11.0 Å². The zero-order chi connectivity index (χ0) is 21.5. The summed E-state index contributed by atoms with van der Waals surface area (Å²) in [5.41, 5.74) is 3.22. The van der Waals surface area contributed by atoms with E-state index < -0.39 is 12.3 Å². The molecule has 3 aromatic heterocycles. The van der Waals surface area contributed by atoms with E-state index in [2.05, 4.69) is 25.7 Å². The molecule has 0 aliphatic carbocycles. The van der Waals surface area contributed by atoms with Crippen molar-refractivity contribution in [3.05, 3.63) is 53.8 Å². The summed E-state index contributed by atoms with van der Waals surface area (Å²) in [6.45, 7) is 3.02. The molecule has 0 spiro atoms. The number of aryl methyl sites for hydroxylation is 2. The van der Waals surface area contributed by atoms with Crippen LogP contribution in [0, 0.1) is 6.92 Å². The Hall–Kier alpha value is -3.66. The number of hydrogen-bond acceptors (Lipinski definition) is 8. The number of carbonyl (C=O) groups is 1. The van der Waals surface area contributed by atoms with E-state index >= 15 is 0 Å². The molecule has 160 valence electrons. The van der Waals surface area contributed by atoms with Crippen LogP contribution < -0.4 is 15.5 Å². The number of anilines is 2. The van der Waals surface area contributed by atoms with Crippen LogP contribution in [0.4, 0.5) is 11.5 Å². The highest BCUT2D eigenvalue weighted by atomic mass is 16.5. The summed E-state index contributed by atoms with van der Waals surface area (Å²) >= 11 is 0. The lowest BCUT2D eigenvalue weighted by Crippen LogP contribution is -2.27. The molecule has 2 aliphatic heterocycles. The van der Waals surface area contributed by atoms with Gasteiger partial charge in [0, 0.05) is 49.2 Å². The first-order chi connectivity index (χ1) is 15.0. The molecule has 10 nitrogen and oxygen atoms in total. The molecule has 5 rings (SSSR count). The Morgan fingerprint density at radius 2 is 2.26 bits per heavy atom. The van der Waals surface area contributed by atoms with Gasteiger partial charge in [-0.3, -0.25) is 14.5 Å². The quantitative estimate of drug-likeness (QED) is 0.578. The molecule has 0 aromatic carbocycles. The average molecular weight is 421 g/mol. The molecule has 10 heteroatoms. The molecule has 0 bridgehead atoms. The Morgan fingerprint density at radius 3 is 3.03 bits per heavy atom. The minimum Gasteiger partial charge on any atom is -0.472 e. The summed E-state index contributed by atoms with van der Waals surface area (Å²) in [7, 11) is 1.82. The molecule has 2 unspecified atom stereocenters. The van der Waals surface area contributed by atoms with Gasteiger partial charge in [-0.2, -0.15) is 5.10 Å². The summed E-state index contributed by atoms with van der Waals surface area (Å²) in [6.07, 6.45) is 4.77. The lowest BCUT2D eigenvalue weighted by molar-refractivity contribution is -0.113. The molecule has 1 saturated heterocycles. The van der Waals surface area contributed by atoms with Crippen molar-refractivity contribution in [2.24, 2.45) is 7.05 Å².